The second kappa shape index (κ2) is 16.5. The Bertz CT molecular complexity index is 583. The zero-order valence-corrected chi connectivity index (χ0v) is 20.6. The number of nitrogens with one attached hydrogen (secondary N) is 2. The molecular formula is C21H37FIN5O2. The van der Waals surface area contributed by atoms with E-state index in [0.717, 1.165) is 70.4 Å². The van der Waals surface area contributed by atoms with E-state index >= 15 is 0 Å². The molecule has 0 saturated carbocycles. The molecule has 7 nitrogen and oxygen atoms in total. The second-order valence-electron chi connectivity index (χ2n) is 6.95. The summed E-state index contributed by atoms with van der Waals surface area (Å²) in [6, 6.07) is 6.76. The van der Waals surface area contributed by atoms with Crippen LogP contribution in [0.5, 0.6) is 0 Å². The summed E-state index contributed by atoms with van der Waals surface area (Å²) in [4.78, 5) is 9.35. The molecule has 30 heavy (non-hydrogen) atoms. The summed E-state index contributed by atoms with van der Waals surface area (Å²) >= 11 is 0. The fourth-order valence-electron chi connectivity index (χ4n) is 3.16. The number of hydrogen-bond donors (Lipinski definition) is 2. The predicted octanol–water partition coefficient (Wildman–Crippen LogP) is 2.17. The van der Waals surface area contributed by atoms with E-state index in [1.165, 1.54) is 12.1 Å². The average Bonchev–Trinajstić information content (AvgIpc) is 2.74. The first-order valence-electron chi connectivity index (χ1n) is 10.5. The number of aliphatic imine (C=N–C) groups is 1. The summed E-state index contributed by atoms with van der Waals surface area (Å²) in [5.74, 6) is 0.671. The molecule has 1 aliphatic heterocycles. The first kappa shape index (κ1) is 26.9. The molecule has 0 aliphatic carbocycles. The van der Waals surface area contributed by atoms with Gasteiger partial charge in [-0.1, -0.05) is 0 Å². The average molecular weight is 537 g/mol. The molecule has 0 atom stereocenters. The number of nitrogens with zero attached hydrogens (tertiary/aromatic N) is 3. The smallest absolute Gasteiger partial charge is 0.191 e. The van der Waals surface area contributed by atoms with Crippen molar-refractivity contribution in [1.82, 2.24) is 15.5 Å². The van der Waals surface area contributed by atoms with Gasteiger partial charge in [-0.15, -0.1) is 24.0 Å². The Hall–Kier alpha value is -1.17. The molecule has 0 bridgehead atoms. The van der Waals surface area contributed by atoms with Crippen molar-refractivity contribution in [2.45, 2.75) is 13.3 Å². The Morgan fingerprint density at radius 3 is 2.47 bits per heavy atom. The van der Waals surface area contributed by atoms with Gasteiger partial charge in [-0.2, -0.15) is 0 Å². The highest BCUT2D eigenvalue weighted by atomic mass is 127. The van der Waals surface area contributed by atoms with Crippen LogP contribution >= 0.6 is 24.0 Å². The van der Waals surface area contributed by atoms with Crippen LogP contribution in [0.25, 0.3) is 0 Å². The van der Waals surface area contributed by atoms with Gasteiger partial charge in [-0.3, -0.25) is 9.89 Å². The zero-order chi connectivity index (χ0) is 20.7. The highest BCUT2D eigenvalue weighted by Gasteiger charge is 2.16. The van der Waals surface area contributed by atoms with Crippen LogP contribution in [-0.4, -0.2) is 90.1 Å². The summed E-state index contributed by atoms with van der Waals surface area (Å²) < 4.78 is 23.5. The van der Waals surface area contributed by atoms with Crippen molar-refractivity contribution in [1.29, 1.82) is 0 Å². The maximum Gasteiger partial charge on any atom is 0.191 e. The molecule has 2 rings (SSSR count). The lowest BCUT2D eigenvalue weighted by Crippen LogP contribution is -2.49. The van der Waals surface area contributed by atoms with Gasteiger partial charge in [-0.05, 0) is 37.6 Å². The molecule has 1 saturated heterocycles. The van der Waals surface area contributed by atoms with E-state index in [1.54, 1.807) is 7.11 Å². The molecule has 1 fully saturated rings. The molecule has 1 aliphatic rings. The lowest BCUT2D eigenvalue weighted by molar-refractivity contribution is 0.0702. The van der Waals surface area contributed by atoms with Crippen molar-refractivity contribution in [2.75, 3.05) is 84.2 Å². The topological polar surface area (TPSA) is 61.4 Å². The minimum atomic E-state index is -0.185. The minimum Gasteiger partial charge on any atom is -0.382 e. The van der Waals surface area contributed by atoms with Crippen LogP contribution in [-0.2, 0) is 9.47 Å². The quantitative estimate of drug-likeness (QED) is 0.185. The highest BCUT2D eigenvalue weighted by molar-refractivity contribution is 14.0. The van der Waals surface area contributed by atoms with Gasteiger partial charge < -0.3 is 25.0 Å². The third kappa shape index (κ3) is 10.7. The molecule has 2 N–H and O–H groups in total. The van der Waals surface area contributed by atoms with Gasteiger partial charge in [0, 0.05) is 71.8 Å². The van der Waals surface area contributed by atoms with Gasteiger partial charge in [0.1, 0.15) is 5.82 Å². The van der Waals surface area contributed by atoms with Crippen LogP contribution in [0.3, 0.4) is 0 Å². The van der Waals surface area contributed by atoms with E-state index < -0.39 is 0 Å². The molecular weight excluding hydrogens is 500 g/mol. The largest absolute Gasteiger partial charge is 0.382 e. The van der Waals surface area contributed by atoms with Crippen molar-refractivity contribution >= 4 is 35.6 Å². The molecule has 0 unspecified atom stereocenters. The van der Waals surface area contributed by atoms with Crippen molar-refractivity contribution in [3.63, 3.8) is 0 Å². The normalized spacial score (nSPS) is 15.0. The van der Waals surface area contributed by atoms with Crippen LogP contribution in [0.2, 0.25) is 0 Å². The summed E-state index contributed by atoms with van der Waals surface area (Å²) in [7, 11) is 1.67. The number of methoxy groups -OCH3 is 1. The minimum absolute atomic E-state index is 0. The standard InChI is InChI=1S/C21H36FN5O2.HI/c1-3-23-21(24-9-4-16-29-18-17-28-2)25-10-11-26-12-14-27(15-13-26)20-7-5-19(22)6-8-20;/h5-8H,3-4,9-18H2,1-2H3,(H2,23,24,25);1H. The number of hydrogen-bond acceptors (Lipinski definition) is 5. The number of anilines is 1. The fourth-order valence-corrected chi connectivity index (χ4v) is 3.16. The third-order valence-electron chi connectivity index (χ3n) is 4.78. The van der Waals surface area contributed by atoms with Gasteiger partial charge in [-0.25, -0.2) is 4.39 Å². The van der Waals surface area contributed by atoms with Crippen molar-refractivity contribution in [2.24, 2.45) is 4.99 Å². The maximum atomic E-state index is 13.1. The molecule has 1 aromatic rings. The molecule has 172 valence electrons. The van der Waals surface area contributed by atoms with Gasteiger partial charge in [0.25, 0.3) is 0 Å². The second-order valence-corrected chi connectivity index (χ2v) is 6.95. The number of halogens is 2. The SMILES string of the molecule is CCNC(=NCCCOCCOC)NCCN1CCN(c2ccc(F)cc2)CC1.I. The van der Waals surface area contributed by atoms with E-state index in [9.17, 15) is 4.39 Å². The van der Waals surface area contributed by atoms with E-state index in [0.29, 0.717) is 19.8 Å². The Morgan fingerprint density at radius 2 is 1.80 bits per heavy atom. The van der Waals surface area contributed by atoms with Gasteiger partial charge in [0.2, 0.25) is 0 Å². The first-order valence-corrected chi connectivity index (χ1v) is 10.5. The van der Waals surface area contributed by atoms with Crippen molar-refractivity contribution in [3.8, 4) is 0 Å². The Labute approximate surface area is 197 Å². The lowest BCUT2D eigenvalue weighted by atomic mass is 10.2. The Morgan fingerprint density at radius 1 is 1.07 bits per heavy atom. The lowest BCUT2D eigenvalue weighted by Gasteiger charge is -2.36. The number of benzene rings is 1. The maximum absolute atomic E-state index is 13.1. The molecule has 0 radical (unpaired) electrons. The van der Waals surface area contributed by atoms with Crippen LogP contribution in [0, 0.1) is 5.82 Å². The van der Waals surface area contributed by atoms with Crippen LogP contribution < -0.4 is 15.5 Å². The van der Waals surface area contributed by atoms with E-state index in [2.05, 4.69) is 32.3 Å². The summed E-state index contributed by atoms with van der Waals surface area (Å²) in [5.41, 5.74) is 1.09. The van der Waals surface area contributed by atoms with Crippen molar-refractivity contribution < 1.29 is 13.9 Å². The van der Waals surface area contributed by atoms with Gasteiger partial charge >= 0.3 is 0 Å². The summed E-state index contributed by atoms with van der Waals surface area (Å²) in [6.07, 6.45) is 0.894. The molecule has 1 heterocycles. The molecule has 0 aromatic heterocycles. The van der Waals surface area contributed by atoms with E-state index in [1.807, 2.05) is 12.1 Å². The number of guanidine groups is 1. The fraction of sp³-hybridized carbons (Fsp3) is 0.667. The van der Waals surface area contributed by atoms with Crippen LogP contribution in [0.15, 0.2) is 29.3 Å². The Balaban J connectivity index is 0.00000450. The van der Waals surface area contributed by atoms with Gasteiger partial charge in [0.15, 0.2) is 5.96 Å². The highest BCUT2D eigenvalue weighted by Crippen LogP contribution is 2.16. The number of ether oxygens (including phenoxy) is 2. The van der Waals surface area contributed by atoms with Crippen LogP contribution in [0.4, 0.5) is 10.1 Å². The zero-order valence-electron chi connectivity index (χ0n) is 18.2. The third-order valence-corrected chi connectivity index (χ3v) is 4.78. The molecule has 9 heteroatoms. The number of rotatable bonds is 12. The number of piperazine rings is 1. The van der Waals surface area contributed by atoms with E-state index in [-0.39, 0.29) is 29.8 Å². The molecule has 0 amide bonds. The first-order chi connectivity index (χ1) is 14.2. The van der Waals surface area contributed by atoms with Crippen molar-refractivity contribution in [3.05, 3.63) is 30.1 Å². The molecule has 0 spiro atoms. The van der Waals surface area contributed by atoms with Crippen LogP contribution in [0.1, 0.15) is 13.3 Å². The monoisotopic (exact) mass is 537 g/mol. The Kier molecular flexibility index (Phi) is 14.8. The van der Waals surface area contributed by atoms with E-state index in [4.69, 9.17) is 9.47 Å². The molecule has 1 aromatic carbocycles. The predicted molar refractivity (Wildman–Crippen MR) is 132 cm³/mol. The summed E-state index contributed by atoms with van der Waals surface area (Å²) in [6.45, 7) is 11.4. The summed E-state index contributed by atoms with van der Waals surface area (Å²) in [5, 5.41) is 6.69. The van der Waals surface area contributed by atoms with Gasteiger partial charge in [0.05, 0.1) is 13.2 Å².